The Morgan fingerprint density at radius 1 is 0.767 bits per heavy atom. The van der Waals surface area contributed by atoms with Crippen molar-refractivity contribution < 1.29 is 45.2 Å². The van der Waals surface area contributed by atoms with Gasteiger partial charge in [0.05, 0.1) is 33.9 Å². The van der Waals surface area contributed by atoms with Gasteiger partial charge in [-0.3, -0.25) is 16.5 Å². The normalized spacial score (nSPS) is 10.8. The standard InChI is InChI=1S/C14H14ClFN2O2.C8H3Cl2FN2.C6H11O2.ClH.Zn/c1-14(2,3)20-11(19)7-10-12-8(16)5-4-6-9(12)17-13(15)18-10;9-7-6-4(11)2-1-3-5(6)12-8(10)13-7;1-5(7)8-6(2,3)4;;/h4-6H,7H2,1-3H3;1-3H;1H2,2-4H3;1H;/q;;-1;;+2/p-1. The zero-order chi connectivity index (χ0) is 33.1. The Kier molecular flexibility index (Phi) is 15.4. The number of fused-ring (bicyclic) bond motifs is 2. The second-order valence-corrected chi connectivity index (χ2v) is 11.4. The maximum absolute atomic E-state index is 13.9. The van der Waals surface area contributed by atoms with Crippen LogP contribution in [-0.4, -0.2) is 43.1 Å². The van der Waals surface area contributed by atoms with Crippen LogP contribution in [0.5, 0.6) is 0 Å². The van der Waals surface area contributed by atoms with E-state index in [0.29, 0.717) is 11.0 Å². The minimum atomic E-state index is -0.609. The number of rotatable bonds is 2. The molecule has 0 atom stereocenters. The van der Waals surface area contributed by atoms with E-state index in [-0.39, 0.29) is 38.6 Å². The van der Waals surface area contributed by atoms with Crippen molar-refractivity contribution in [2.24, 2.45) is 0 Å². The zero-order valence-electron chi connectivity index (χ0n) is 24.3. The van der Waals surface area contributed by atoms with Gasteiger partial charge in [-0.15, -0.1) is 0 Å². The van der Waals surface area contributed by atoms with E-state index in [9.17, 15) is 18.4 Å². The van der Waals surface area contributed by atoms with E-state index in [1.165, 1.54) is 24.3 Å². The summed E-state index contributed by atoms with van der Waals surface area (Å²) in [5.41, 5.74) is 0.00192. The molecule has 0 unspecified atom stereocenters. The Hall–Kier alpha value is -2.43. The van der Waals surface area contributed by atoms with Gasteiger partial charge in [-0.05, 0) is 89.0 Å². The summed E-state index contributed by atoms with van der Waals surface area (Å²) in [5.74, 6) is -1.90. The van der Waals surface area contributed by atoms with Gasteiger partial charge in [0, 0.05) is 0 Å². The summed E-state index contributed by atoms with van der Waals surface area (Å²) in [4.78, 5) is 37.3. The van der Waals surface area contributed by atoms with Crippen molar-refractivity contribution >= 4 is 78.2 Å². The second kappa shape index (κ2) is 17.2. The van der Waals surface area contributed by atoms with E-state index in [1.54, 1.807) is 53.7 Å². The van der Waals surface area contributed by atoms with Crippen LogP contribution < -0.4 is 0 Å². The van der Waals surface area contributed by atoms with Crippen molar-refractivity contribution in [3.63, 3.8) is 0 Å². The number of hydrogen-bond donors (Lipinski definition) is 0. The number of aromatic nitrogens is 4. The summed E-state index contributed by atoms with van der Waals surface area (Å²) < 4.78 is 37.0. The molecule has 0 saturated heterocycles. The molecule has 8 nitrogen and oxygen atoms in total. The first kappa shape index (κ1) is 38.6. The Morgan fingerprint density at radius 3 is 1.65 bits per heavy atom. The van der Waals surface area contributed by atoms with Crippen LogP contribution in [0.15, 0.2) is 36.4 Å². The number of carbonyl (C=O) groups is 2. The van der Waals surface area contributed by atoms with E-state index in [2.05, 4.69) is 31.6 Å². The molecule has 2 aromatic heterocycles. The molecule has 2 heterocycles. The average molecular weight is 730 g/mol. The maximum atomic E-state index is 13.9. The first-order valence-corrected chi connectivity index (χ1v) is 17.3. The van der Waals surface area contributed by atoms with Crippen molar-refractivity contribution in [3.05, 3.63) is 76.4 Å². The van der Waals surface area contributed by atoms with Crippen LogP contribution in [0.25, 0.3) is 21.8 Å². The molecule has 0 spiro atoms. The summed E-state index contributed by atoms with van der Waals surface area (Å²) in [6, 6.07) is 8.89. The summed E-state index contributed by atoms with van der Waals surface area (Å²) >= 11 is 17.9. The van der Waals surface area contributed by atoms with Gasteiger partial charge in [0.25, 0.3) is 0 Å². The fourth-order valence-electron chi connectivity index (χ4n) is 3.24. The quantitative estimate of drug-likeness (QED) is 0.0669. The molecule has 0 aliphatic carbocycles. The number of carbonyl (C=O) groups excluding carboxylic acids is 2. The van der Waals surface area contributed by atoms with E-state index in [4.69, 9.17) is 49.2 Å². The van der Waals surface area contributed by atoms with Crippen LogP contribution in [0, 0.1) is 18.6 Å². The van der Waals surface area contributed by atoms with E-state index < -0.39 is 34.8 Å². The Labute approximate surface area is 277 Å². The predicted molar refractivity (Wildman–Crippen MR) is 161 cm³/mol. The molecule has 0 bridgehead atoms. The topological polar surface area (TPSA) is 104 Å². The summed E-state index contributed by atoms with van der Waals surface area (Å²) in [6.45, 7) is 13.7. The van der Waals surface area contributed by atoms with Crippen LogP contribution in [0.2, 0.25) is 15.7 Å². The van der Waals surface area contributed by atoms with E-state index in [1.807, 2.05) is 0 Å². The number of ether oxygens (including phenoxy) is 2. The van der Waals surface area contributed by atoms with Gasteiger partial charge >= 0.3 is 33.0 Å². The fraction of sp³-hybridized carbons (Fsp3) is 0.321. The number of hydrogen-bond acceptors (Lipinski definition) is 8. The van der Waals surface area contributed by atoms with Crippen molar-refractivity contribution in [2.45, 2.75) is 59.2 Å². The van der Waals surface area contributed by atoms with Crippen molar-refractivity contribution in [1.82, 2.24) is 19.9 Å². The van der Waals surface area contributed by atoms with Gasteiger partial charge in [0.2, 0.25) is 10.6 Å². The molecule has 15 heteroatoms. The molecule has 0 radical (unpaired) electrons. The SMILES string of the molecule is CC(C)(C)OC(=O)Cc1nc(Cl)nc2cccc(F)c12.Fc1cccc2nc(Cl)nc(Cl)c12.[CH2-]C(=O)OC(C)(C)C.[Cl][Zn+]. The molecule has 43 heavy (non-hydrogen) atoms. The number of nitrogens with zero attached hydrogens (tertiary/aromatic N) is 4. The Balaban J connectivity index is 0.000000345. The zero-order valence-corrected chi connectivity index (χ0v) is 30.3. The molecular weight excluding hydrogens is 702 g/mol. The summed E-state index contributed by atoms with van der Waals surface area (Å²) in [5, 5.41) is 0.425. The number of halogens is 6. The number of esters is 2. The molecular formula is C28H28Cl4F2N4O4Zn. The van der Waals surface area contributed by atoms with Crippen molar-refractivity contribution in [2.75, 3.05) is 0 Å². The van der Waals surface area contributed by atoms with Crippen molar-refractivity contribution in [3.8, 4) is 0 Å². The molecule has 0 saturated carbocycles. The molecule has 4 aromatic rings. The summed E-state index contributed by atoms with van der Waals surface area (Å²) in [6.07, 6.45) is -0.156. The molecule has 2 aromatic carbocycles. The monoisotopic (exact) mass is 726 g/mol. The predicted octanol–water partition coefficient (Wildman–Crippen LogP) is 8.23. The summed E-state index contributed by atoms with van der Waals surface area (Å²) in [7, 11) is 4.76. The van der Waals surface area contributed by atoms with Crippen LogP contribution in [0.1, 0.15) is 47.2 Å². The van der Waals surface area contributed by atoms with Gasteiger partial charge in [-0.2, -0.15) is 0 Å². The Bertz CT molecular complexity index is 1570. The van der Waals surface area contributed by atoms with Crippen LogP contribution in [-0.2, 0) is 42.8 Å². The Morgan fingerprint density at radius 2 is 1.21 bits per heavy atom. The van der Waals surface area contributed by atoms with Crippen molar-refractivity contribution in [1.29, 1.82) is 0 Å². The minimum absolute atomic E-state index is 0.0168. The molecule has 0 aliphatic rings. The molecule has 228 valence electrons. The second-order valence-electron chi connectivity index (χ2n) is 10.3. The first-order valence-electron chi connectivity index (χ1n) is 12.3. The van der Waals surface area contributed by atoms with Gasteiger partial charge in [0.15, 0.2) is 5.97 Å². The average Bonchev–Trinajstić information content (AvgIpc) is 2.82. The van der Waals surface area contributed by atoms with Gasteiger partial charge in [-0.25, -0.2) is 28.7 Å². The first-order chi connectivity index (χ1) is 19.9. The third-order valence-corrected chi connectivity index (χ3v) is 5.08. The van der Waals surface area contributed by atoms with Gasteiger partial charge in [0.1, 0.15) is 28.0 Å². The third kappa shape index (κ3) is 13.8. The van der Waals surface area contributed by atoms with Gasteiger partial charge < -0.3 is 9.47 Å². The van der Waals surface area contributed by atoms with E-state index in [0.717, 1.165) is 17.3 Å². The van der Waals surface area contributed by atoms with Crippen LogP contribution >= 0.6 is 44.5 Å². The van der Waals surface area contributed by atoms with Crippen LogP contribution in [0.3, 0.4) is 0 Å². The molecule has 4 rings (SSSR count). The van der Waals surface area contributed by atoms with E-state index >= 15 is 0 Å². The molecule has 0 N–H and O–H groups in total. The molecule has 0 fully saturated rings. The molecule has 0 aliphatic heterocycles. The fourth-order valence-corrected chi connectivity index (χ4v) is 3.92. The van der Waals surface area contributed by atoms with Gasteiger partial charge in [-0.1, -0.05) is 23.7 Å². The van der Waals surface area contributed by atoms with Crippen LogP contribution in [0.4, 0.5) is 8.78 Å². The third-order valence-electron chi connectivity index (χ3n) is 4.47. The molecule has 0 amide bonds. The number of benzene rings is 2.